The van der Waals surface area contributed by atoms with Crippen LogP contribution in [0.5, 0.6) is 0 Å². The Labute approximate surface area is 227 Å². The fourth-order valence-corrected chi connectivity index (χ4v) is 6.95. The van der Waals surface area contributed by atoms with Gasteiger partial charge in [0.1, 0.15) is 0 Å². The first-order valence-electron chi connectivity index (χ1n) is 12.5. The maximum atomic E-state index is 11.7. The topological polar surface area (TPSA) is 43.8 Å². The highest BCUT2D eigenvalue weighted by Crippen LogP contribution is 2.46. The minimum Gasteiger partial charge on any atom is -0.478 e. The zero-order chi connectivity index (χ0) is 25.2. The molecule has 3 aromatic rings. The minimum absolute atomic E-state index is 0.0726. The Morgan fingerprint density at radius 1 is 1.00 bits per heavy atom. The Morgan fingerprint density at radius 2 is 1.75 bits per heavy atom. The molecule has 1 heterocycles. The lowest BCUT2D eigenvalue weighted by Crippen LogP contribution is -2.37. The van der Waals surface area contributed by atoms with Crippen LogP contribution in [-0.4, -0.2) is 35.0 Å². The molecule has 0 unspecified atom stereocenters. The first-order chi connectivity index (χ1) is 17.4. The predicted molar refractivity (Wildman–Crippen MR) is 151 cm³/mol. The van der Waals surface area contributed by atoms with Gasteiger partial charge >= 0.3 is 5.97 Å². The number of fused-ring (bicyclic) bond motifs is 1. The molecule has 1 aliphatic carbocycles. The Hall–Kier alpha value is -2.18. The summed E-state index contributed by atoms with van der Waals surface area (Å²) in [5.74, 6) is -0.282. The van der Waals surface area contributed by atoms with Gasteiger partial charge in [0.2, 0.25) is 0 Å². The normalized spacial score (nSPS) is 19.1. The van der Waals surface area contributed by atoms with Gasteiger partial charge in [0, 0.05) is 28.7 Å². The molecule has 0 spiro atoms. The van der Waals surface area contributed by atoms with E-state index >= 15 is 0 Å². The van der Waals surface area contributed by atoms with Crippen molar-refractivity contribution in [3.63, 3.8) is 0 Å². The summed E-state index contributed by atoms with van der Waals surface area (Å²) in [5.41, 5.74) is 3.83. The second kappa shape index (κ2) is 11.1. The Balaban J connectivity index is 1.56. The average molecular weight is 542 g/mol. The Morgan fingerprint density at radius 3 is 2.47 bits per heavy atom. The smallest absolute Gasteiger partial charge is 0.337 e. The third kappa shape index (κ3) is 5.40. The molecular formula is C29H30Cl2N2O2S. The van der Waals surface area contributed by atoms with Crippen LogP contribution in [0.3, 0.4) is 0 Å². The molecule has 0 bridgehead atoms. The molecule has 1 fully saturated rings. The van der Waals surface area contributed by atoms with E-state index in [9.17, 15) is 9.90 Å². The third-order valence-electron chi connectivity index (χ3n) is 7.40. The molecule has 3 aromatic carbocycles. The van der Waals surface area contributed by atoms with Gasteiger partial charge in [-0.1, -0.05) is 79.6 Å². The van der Waals surface area contributed by atoms with Crippen LogP contribution in [-0.2, 0) is 0 Å². The molecule has 7 heteroatoms. The highest BCUT2D eigenvalue weighted by atomic mass is 35.5. The van der Waals surface area contributed by atoms with Gasteiger partial charge in [-0.25, -0.2) is 9.10 Å². The number of carboxylic acid groups (broad SMARTS) is 1. The lowest BCUT2D eigenvalue weighted by atomic mass is 9.84. The second-order valence-electron chi connectivity index (χ2n) is 9.78. The first-order valence-corrected chi connectivity index (χ1v) is 14.0. The van der Waals surface area contributed by atoms with Gasteiger partial charge in [0.15, 0.2) is 0 Å². The largest absolute Gasteiger partial charge is 0.478 e. The molecule has 0 amide bonds. The second-order valence-corrected chi connectivity index (χ2v) is 11.8. The first kappa shape index (κ1) is 25.5. The molecule has 1 N–H and O–H groups in total. The summed E-state index contributed by atoms with van der Waals surface area (Å²) < 4.78 is 2.40. The fourth-order valence-electron chi connectivity index (χ4n) is 5.44. The molecule has 1 atom stereocenters. The number of carbonyl (C=O) groups is 1. The van der Waals surface area contributed by atoms with Crippen molar-refractivity contribution in [1.82, 2.24) is 4.31 Å². The fraction of sp³-hybridized carbons (Fsp3) is 0.345. The van der Waals surface area contributed by atoms with Gasteiger partial charge in [0.25, 0.3) is 0 Å². The van der Waals surface area contributed by atoms with Gasteiger partial charge in [-0.2, -0.15) is 0 Å². The standard InChI is InChI=1S/C29H30Cl2N2O2S/c1-32-22(14-19-8-4-2-5-9-19)18-33(21-10-6-3-7-11-21)27-17-26(31)23(16-28(27)36-32)20-12-13-25(30)24(15-20)29(34)35/h3,6-7,10-13,15-17,19,22H,2,4-5,8-9,14,18H2,1H3,(H,34,35)/t22-/m1/s1. The van der Waals surface area contributed by atoms with Crippen LogP contribution < -0.4 is 4.90 Å². The van der Waals surface area contributed by atoms with Crippen molar-refractivity contribution in [2.24, 2.45) is 5.92 Å². The summed E-state index contributed by atoms with van der Waals surface area (Å²) in [6, 6.07) is 20.0. The molecule has 1 aliphatic heterocycles. The Bertz CT molecular complexity index is 1250. The summed E-state index contributed by atoms with van der Waals surface area (Å²) in [7, 11) is 2.19. The molecule has 4 nitrogen and oxygen atoms in total. The summed E-state index contributed by atoms with van der Waals surface area (Å²) >= 11 is 14.7. The summed E-state index contributed by atoms with van der Waals surface area (Å²) in [6.45, 7) is 0.886. The SMILES string of the molecule is CN1Sc2cc(-c3ccc(Cl)c(C(=O)O)c3)c(Cl)cc2N(c2ccccc2)C[C@H]1CC1CCCCC1. The van der Waals surface area contributed by atoms with Crippen molar-refractivity contribution >= 4 is 52.5 Å². The molecule has 5 rings (SSSR count). The van der Waals surface area contributed by atoms with E-state index in [2.05, 4.69) is 46.6 Å². The van der Waals surface area contributed by atoms with Crippen molar-refractivity contribution < 1.29 is 9.90 Å². The molecule has 36 heavy (non-hydrogen) atoms. The third-order valence-corrected chi connectivity index (χ3v) is 9.15. The number of hydrogen-bond donors (Lipinski definition) is 1. The van der Waals surface area contributed by atoms with Crippen LogP contribution in [0.15, 0.2) is 65.6 Å². The van der Waals surface area contributed by atoms with E-state index in [0.29, 0.717) is 11.1 Å². The minimum atomic E-state index is -1.05. The van der Waals surface area contributed by atoms with Crippen LogP contribution in [0.25, 0.3) is 11.1 Å². The van der Waals surface area contributed by atoms with Crippen LogP contribution >= 0.6 is 35.1 Å². The number of likely N-dealkylation sites (N-methyl/N-ethyl adjacent to an activating group) is 1. The number of para-hydroxylation sites is 1. The lowest BCUT2D eigenvalue weighted by Gasteiger charge is -2.33. The van der Waals surface area contributed by atoms with Gasteiger partial charge in [-0.15, -0.1) is 0 Å². The van der Waals surface area contributed by atoms with Gasteiger partial charge in [0.05, 0.1) is 21.3 Å². The molecule has 188 valence electrons. The number of nitrogens with zero attached hydrogens (tertiary/aromatic N) is 2. The van der Waals surface area contributed by atoms with E-state index in [-0.39, 0.29) is 10.6 Å². The van der Waals surface area contributed by atoms with Crippen molar-refractivity contribution in [2.75, 3.05) is 18.5 Å². The summed E-state index contributed by atoms with van der Waals surface area (Å²) in [4.78, 5) is 15.2. The van der Waals surface area contributed by atoms with Crippen molar-refractivity contribution in [1.29, 1.82) is 0 Å². The molecule has 1 saturated carbocycles. The van der Waals surface area contributed by atoms with Gasteiger partial charge in [-0.3, -0.25) is 0 Å². The highest BCUT2D eigenvalue weighted by Gasteiger charge is 2.31. The predicted octanol–water partition coefficient (Wildman–Crippen LogP) is 8.79. The van der Waals surface area contributed by atoms with Crippen LogP contribution in [0.2, 0.25) is 10.0 Å². The highest BCUT2D eigenvalue weighted by molar-refractivity contribution is 7.97. The van der Waals surface area contributed by atoms with Crippen molar-refractivity contribution in [3.05, 3.63) is 76.3 Å². The van der Waals surface area contributed by atoms with E-state index in [4.69, 9.17) is 23.2 Å². The number of aromatic carboxylic acids is 1. The number of rotatable bonds is 5. The number of benzene rings is 3. The summed E-state index contributed by atoms with van der Waals surface area (Å²) in [6.07, 6.45) is 7.88. The van der Waals surface area contributed by atoms with Gasteiger partial charge < -0.3 is 10.0 Å². The maximum Gasteiger partial charge on any atom is 0.337 e. The zero-order valence-corrected chi connectivity index (χ0v) is 22.6. The van der Waals surface area contributed by atoms with Crippen LogP contribution in [0.1, 0.15) is 48.9 Å². The van der Waals surface area contributed by atoms with E-state index in [1.54, 1.807) is 24.1 Å². The molecular weight excluding hydrogens is 511 g/mol. The number of halogens is 2. The number of hydrogen-bond acceptors (Lipinski definition) is 4. The van der Waals surface area contributed by atoms with E-state index < -0.39 is 5.97 Å². The van der Waals surface area contributed by atoms with Crippen LogP contribution in [0.4, 0.5) is 11.4 Å². The lowest BCUT2D eigenvalue weighted by molar-refractivity contribution is 0.0697. The molecule has 0 aromatic heterocycles. The van der Waals surface area contributed by atoms with Gasteiger partial charge in [-0.05, 0) is 73.3 Å². The molecule has 0 saturated heterocycles. The maximum absolute atomic E-state index is 11.7. The van der Waals surface area contributed by atoms with Crippen molar-refractivity contribution in [2.45, 2.75) is 49.5 Å². The molecule has 2 aliphatic rings. The van der Waals surface area contributed by atoms with E-state index in [1.807, 2.05) is 18.2 Å². The van der Waals surface area contributed by atoms with Crippen LogP contribution in [0, 0.1) is 5.92 Å². The molecule has 0 radical (unpaired) electrons. The van der Waals surface area contributed by atoms with Crippen molar-refractivity contribution in [3.8, 4) is 11.1 Å². The Kier molecular flexibility index (Phi) is 7.82. The number of anilines is 2. The number of carboxylic acids is 1. The zero-order valence-electron chi connectivity index (χ0n) is 20.3. The average Bonchev–Trinajstić information content (AvgIpc) is 3.01. The monoisotopic (exact) mass is 540 g/mol. The summed E-state index contributed by atoms with van der Waals surface area (Å²) in [5, 5.41) is 10.4. The van der Waals surface area contributed by atoms with E-state index in [1.165, 1.54) is 38.5 Å². The quantitative estimate of drug-likeness (QED) is 0.327. The van der Waals surface area contributed by atoms with E-state index in [0.717, 1.165) is 39.9 Å².